The third-order valence-electron chi connectivity index (χ3n) is 3.15. The first-order valence-electron chi connectivity index (χ1n) is 6.39. The molecule has 1 aliphatic rings. The maximum atomic E-state index is 12.1. The molecule has 0 saturated carbocycles. The van der Waals surface area contributed by atoms with Gasteiger partial charge >= 0.3 is 12.1 Å². The molecule has 1 aliphatic heterocycles. The van der Waals surface area contributed by atoms with Gasteiger partial charge in [0.2, 0.25) is 0 Å². The Balaban J connectivity index is 2.00. The fraction of sp³-hybridized carbons (Fsp3) is 0.429. The van der Waals surface area contributed by atoms with Gasteiger partial charge in [0, 0.05) is 17.5 Å². The third kappa shape index (κ3) is 3.45. The summed E-state index contributed by atoms with van der Waals surface area (Å²) in [6.07, 6.45) is -0.561. The van der Waals surface area contributed by atoms with Gasteiger partial charge in [-0.15, -0.1) is 0 Å². The normalized spacial score (nSPS) is 22.4. The van der Waals surface area contributed by atoms with Gasteiger partial charge in [0.05, 0.1) is 0 Å². The van der Waals surface area contributed by atoms with Crippen LogP contribution in [0.25, 0.3) is 0 Å². The van der Waals surface area contributed by atoms with E-state index in [2.05, 4.69) is 0 Å². The Labute approximate surface area is 121 Å². The highest BCUT2D eigenvalue weighted by atomic mass is 32.2. The van der Waals surface area contributed by atoms with Crippen LogP contribution in [-0.4, -0.2) is 45.7 Å². The lowest BCUT2D eigenvalue weighted by Gasteiger charge is -2.37. The van der Waals surface area contributed by atoms with E-state index in [1.807, 2.05) is 37.3 Å². The zero-order valence-corrected chi connectivity index (χ0v) is 12.0. The lowest BCUT2D eigenvalue weighted by Crippen LogP contribution is -2.54. The van der Waals surface area contributed by atoms with Crippen LogP contribution in [0.5, 0.6) is 0 Å². The molecule has 0 aliphatic carbocycles. The maximum Gasteiger partial charge on any atom is 0.411 e. The standard InChI is InChI=1S/C14H17NO4S/c1-10-8-20-9-12(13(16)17)15(10)14(18)19-7-11-5-3-2-4-6-11/h2-6,10,12H,7-9H2,1H3,(H,16,17). The summed E-state index contributed by atoms with van der Waals surface area (Å²) in [5.41, 5.74) is 0.881. The summed E-state index contributed by atoms with van der Waals surface area (Å²) in [6, 6.07) is 8.38. The van der Waals surface area contributed by atoms with Crippen molar-refractivity contribution in [2.24, 2.45) is 0 Å². The quantitative estimate of drug-likeness (QED) is 0.926. The van der Waals surface area contributed by atoms with Gasteiger partial charge in [0.25, 0.3) is 0 Å². The zero-order valence-electron chi connectivity index (χ0n) is 11.2. The van der Waals surface area contributed by atoms with Crippen molar-refractivity contribution in [3.05, 3.63) is 35.9 Å². The maximum absolute atomic E-state index is 12.1. The number of rotatable bonds is 3. The number of carbonyl (C=O) groups excluding carboxylic acids is 1. The minimum absolute atomic E-state index is 0.141. The molecule has 5 nitrogen and oxygen atoms in total. The molecule has 2 unspecified atom stereocenters. The van der Waals surface area contributed by atoms with Crippen molar-refractivity contribution in [3.63, 3.8) is 0 Å². The molecule has 108 valence electrons. The fourth-order valence-corrected chi connectivity index (χ4v) is 3.27. The van der Waals surface area contributed by atoms with Crippen LogP contribution in [0, 0.1) is 0 Å². The monoisotopic (exact) mass is 295 g/mol. The van der Waals surface area contributed by atoms with E-state index in [1.165, 1.54) is 4.90 Å². The first kappa shape index (κ1) is 14.7. The molecule has 0 spiro atoms. The Kier molecular flexibility index (Phi) is 4.89. The first-order chi connectivity index (χ1) is 9.59. The largest absolute Gasteiger partial charge is 0.480 e. The van der Waals surface area contributed by atoms with Crippen molar-refractivity contribution in [3.8, 4) is 0 Å². The van der Waals surface area contributed by atoms with Crippen molar-refractivity contribution >= 4 is 23.8 Å². The summed E-state index contributed by atoms with van der Waals surface area (Å²) in [6.45, 7) is 1.99. The van der Waals surface area contributed by atoms with Crippen molar-refractivity contribution in [2.45, 2.75) is 25.6 Å². The minimum atomic E-state index is -0.985. The van der Waals surface area contributed by atoms with Gasteiger partial charge in [-0.3, -0.25) is 4.90 Å². The van der Waals surface area contributed by atoms with Gasteiger partial charge in [-0.25, -0.2) is 9.59 Å². The molecule has 6 heteroatoms. The van der Waals surface area contributed by atoms with Crippen LogP contribution in [0.3, 0.4) is 0 Å². The summed E-state index contributed by atoms with van der Waals surface area (Å²) >= 11 is 1.54. The highest BCUT2D eigenvalue weighted by Crippen LogP contribution is 2.23. The van der Waals surface area contributed by atoms with Crippen LogP contribution in [0.2, 0.25) is 0 Å². The summed E-state index contributed by atoms with van der Waals surface area (Å²) in [5, 5.41) is 9.20. The second-order valence-electron chi connectivity index (χ2n) is 4.69. The predicted octanol–water partition coefficient (Wildman–Crippen LogP) is 2.21. The minimum Gasteiger partial charge on any atom is -0.480 e. The third-order valence-corrected chi connectivity index (χ3v) is 4.42. The molecule has 1 aromatic carbocycles. The van der Waals surface area contributed by atoms with Crippen LogP contribution in [0.4, 0.5) is 4.79 Å². The molecule has 1 heterocycles. The number of amides is 1. The van der Waals surface area contributed by atoms with Gasteiger partial charge in [-0.05, 0) is 12.5 Å². The number of ether oxygens (including phenoxy) is 1. The molecule has 0 radical (unpaired) electrons. The Morgan fingerprint density at radius 2 is 2.05 bits per heavy atom. The molecular formula is C14H17NO4S. The van der Waals surface area contributed by atoms with Gasteiger partial charge < -0.3 is 9.84 Å². The van der Waals surface area contributed by atoms with E-state index < -0.39 is 18.1 Å². The van der Waals surface area contributed by atoms with Gasteiger partial charge in [0.1, 0.15) is 12.6 Å². The van der Waals surface area contributed by atoms with Crippen LogP contribution >= 0.6 is 11.8 Å². The molecule has 1 aromatic rings. The van der Waals surface area contributed by atoms with E-state index in [1.54, 1.807) is 11.8 Å². The lowest BCUT2D eigenvalue weighted by molar-refractivity contribution is -0.142. The van der Waals surface area contributed by atoms with Crippen LogP contribution in [-0.2, 0) is 16.1 Å². The summed E-state index contributed by atoms with van der Waals surface area (Å²) < 4.78 is 5.23. The molecular weight excluding hydrogens is 278 g/mol. The van der Waals surface area contributed by atoms with Crippen molar-refractivity contribution in [2.75, 3.05) is 11.5 Å². The number of benzene rings is 1. The van der Waals surface area contributed by atoms with Crippen molar-refractivity contribution in [1.29, 1.82) is 0 Å². The van der Waals surface area contributed by atoms with Gasteiger partial charge in [0.15, 0.2) is 0 Å². The number of carbonyl (C=O) groups is 2. The van der Waals surface area contributed by atoms with Crippen LogP contribution < -0.4 is 0 Å². The number of thioether (sulfide) groups is 1. The first-order valence-corrected chi connectivity index (χ1v) is 7.54. The summed E-state index contributed by atoms with van der Waals surface area (Å²) in [5.74, 6) is 0.144. The van der Waals surface area contributed by atoms with Gasteiger partial charge in [-0.2, -0.15) is 11.8 Å². The summed E-state index contributed by atoms with van der Waals surface area (Å²) in [4.78, 5) is 24.7. The Hall–Kier alpha value is -1.69. The molecule has 2 atom stereocenters. The second-order valence-corrected chi connectivity index (χ2v) is 5.76. The molecule has 1 fully saturated rings. The Morgan fingerprint density at radius 3 is 2.70 bits per heavy atom. The van der Waals surface area contributed by atoms with E-state index >= 15 is 0 Å². The lowest BCUT2D eigenvalue weighted by atomic mass is 10.2. The molecule has 1 saturated heterocycles. The Morgan fingerprint density at radius 1 is 1.35 bits per heavy atom. The van der Waals surface area contributed by atoms with Gasteiger partial charge in [-0.1, -0.05) is 30.3 Å². The average molecular weight is 295 g/mol. The van der Waals surface area contributed by atoms with Crippen LogP contribution in [0.15, 0.2) is 30.3 Å². The number of hydrogen-bond donors (Lipinski definition) is 1. The van der Waals surface area contributed by atoms with E-state index in [0.29, 0.717) is 5.75 Å². The van der Waals surface area contributed by atoms with E-state index in [4.69, 9.17) is 4.74 Å². The second kappa shape index (κ2) is 6.65. The van der Waals surface area contributed by atoms with E-state index in [-0.39, 0.29) is 12.6 Å². The average Bonchev–Trinajstić information content (AvgIpc) is 2.45. The number of aliphatic carboxylic acids is 1. The van der Waals surface area contributed by atoms with Crippen molar-refractivity contribution < 1.29 is 19.4 Å². The number of hydrogen-bond acceptors (Lipinski definition) is 4. The smallest absolute Gasteiger partial charge is 0.411 e. The number of carboxylic acids is 1. The van der Waals surface area contributed by atoms with Crippen LogP contribution in [0.1, 0.15) is 12.5 Å². The highest BCUT2D eigenvalue weighted by molar-refractivity contribution is 7.99. The molecule has 0 bridgehead atoms. The van der Waals surface area contributed by atoms with E-state index in [0.717, 1.165) is 11.3 Å². The highest BCUT2D eigenvalue weighted by Gasteiger charge is 2.37. The number of nitrogens with zero attached hydrogens (tertiary/aromatic N) is 1. The molecule has 20 heavy (non-hydrogen) atoms. The molecule has 1 N–H and O–H groups in total. The zero-order chi connectivity index (χ0) is 14.5. The Bertz CT molecular complexity index is 479. The van der Waals surface area contributed by atoms with E-state index in [9.17, 15) is 14.7 Å². The molecule has 2 rings (SSSR count). The molecule has 0 aromatic heterocycles. The predicted molar refractivity (Wildman–Crippen MR) is 76.7 cm³/mol. The fourth-order valence-electron chi connectivity index (χ4n) is 2.11. The topological polar surface area (TPSA) is 66.8 Å². The summed E-state index contributed by atoms with van der Waals surface area (Å²) in [7, 11) is 0. The molecule has 1 amide bonds. The SMILES string of the molecule is CC1CSCC(C(=O)O)N1C(=O)OCc1ccccc1. The number of carboxylic acid groups (broad SMARTS) is 1. The van der Waals surface area contributed by atoms with Crippen molar-refractivity contribution in [1.82, 2.24) is 4.90 Å².